The van der Waals surface area contributed by atoms with Gasteiger partial charge in [-0.05, 0) is 37.0 Å². The van der Waals surface area contributed by atoms with E-state index in [0.29, 0.717) is 34.8 Å². The van der Waals surface area contributed by atoms with Gasteiger partial charge in [0.05, 0.1) is 13.2 Å². The molecule has 0 radical (unpaired) electrons. The summed E-state index contributed by atoms with van der Waals surface area (Å²) in [4.78, 5) is 4.73. The second kappa shape index (κ2) is 7.83. The van der Waals surface area contributed by atoms with Crippen molar-refractivity contribution < 1.29 is 5.11 Å². The lowest BCUT2D eigenvalue weighted by atomic mass is 9.85. The number of aliphatic hydroxyl groups excluding tert-OH is 1. The van der Waals surface area contributed by atoms with Gasteiger partial charge in [0.15, 0.2) is 5.82 Å². The third-order valence-corrected chi connectivity index (χ3v) is 5.24. The zero-order valence-corrected chi connectivity index (χ0v) is 15.0. The summed E-state index contributed by atoms with van der Waals surface area (Å²) in [7, 11) is 0. The van der Waals surface area contributed by atoms with Crippen LogP contribution in [-0.4, -0.2) is 32.5 Å². The molecule has 0 unspecified atom stereocenters. The Balaban J connectivity index is 1.88. The van der Waals surface area contributed by atoms with Gasteiger partial charge >= 0.3 is 0 Å². The molecule has 0 aliphatic heterocycles. The average Bonchev–Trinajstić information content (AvgIpc) is 2.94. The highest BCUT2D eigenvalue weighted by Gasteiger charge is 2.26. The van der Waals surface area contributed by atoms with Crippen LogP contribution in [0.4, 0.5) is 0 Å². The van der Waals surface area contributed by atoms with Gasteiger partial charge in [0.25, 0.3) is 0 Å². The van der Waals surface area contributed by atoms with Crippen molar-refractivity contribution in [1.82, 2.24) is 14.8 Å². The van der Waals surface area contributed by atoms with Crippen molar-refractivity contribution in [1.29, 1.82) is 0 Å². The van der Waals surface area contributed by atoms with Crippen molar-refractivity contribution in [2.24, 2.45) is 5.73 Å². The van der Waals surface area contributed by atoms with E-state index in [-0.39, 0.29) is 12.6 Å². The molecule has 3 rings (SSSR count). The van der Waals surface area contributed by atoms with Crippen LogP contribution in [0.2, 0.25) is 10.0 Å². The molecule has 24 heavy (non-hydrogen) atoms. The van der Waals surface area contributed by atoms with E-state index in [1.165, 1.54) is 0 Å². The maximum atomic E-state index is 9.33. The van der Waals surface area contributed by atoms with E-state index in [9.17, 15) is 5.11 Å². The molecule has 1 aliphatic carbocycles. The second-order valence-corrected chi connectivity index (χ2v) is 7.15. The monoisotopic (exact) mass is 368 g/mol. The molecule has 2 atom stereocenters. The van der Waals surface area contributed by atoms with Crippen LogP contribution in [-0.2, 0) is 13.0 Å². The highest BCUT2D eigenvalue weighted by molar-refractivity contribution is 6.36. The SMILES string of the molecule is N[C@H]1CCC[C@@H](c2nc(Cc3c(Cl)cccc3Cl)nn2CCO)C1. The van der Waals surface area contributed by atoms with Gasteiger partial charge in [-0.25, -0.2) is 9.67 Å². The second-order valence-electron chi connectivity index (χ2n) is 6.33. The van der Waals surface area contributed by atoms with Crippen LogP contribution in [0.5, 0.6) is 0 Å². The highest BCUT2D eigenvalue weighted by atomic mass is 35.5. The van der Waals surface area contributed by atoms with Gasteiger partial charge in [-0.1, -0.05) is 35.7 Å². The van der Waals surface area contributed by atoms with Crippen LogP contribution < -0.4 is 5.73 Å². The number of benzene rings is 1. The molecule has 130 valence electrons. The van der Waals surface area contributed by atoms with E-state index in [0.717, 1.165) is 37.1 Å². The molecule has 0 amide bonds. The van der Waals surface area contributed by atoms with Crippen LogP contribution in [0.1, 0.15) is 48.8 Å². The summed E-state index contributed by atoms with van der Waals surface area (Å²) in [5, 5.41) is 15.1. The number of aliphatic hydroxyl groups is 1. The van der Waals surface area contributed by atoms with E-state index in [4.69, 9.17) is 33.9 Å². The van der Waals surface area contributed by atoms with Crippen molar-refractivity contribution in [3.05, 3.63) is 45.5 Å². The molecule has 0 bridgehead atoms. The fourth-order valence-electron chi connectivity index (χ4n) is 3.36. The number of nitrogens with zero attached hydrogens (tertiary/aromatic N) is 3. The molecular formula is C17H22Cl2N4O. The number of hydrogen-bond donors (Lipinski definition) is 2. The van der Waals surface area contributed by atoms with E-state index in [1.807, 2.05) is 22.9 Å². The molecule has 5 nitrogen and oxygen atoms in total. The lowest BCUT2D eigenvalue weighted by Crippen LogP contribution is -2.28. The van der Waals surface area contributed by atoms with Gasteiger partial charge in [0.1, 0.15) is 5.82 Å². The van der Waals surface area contributed by atoms with Gasteiger partial charge in [-0.15, -0.1) is 0 Å². The smallest absolute Gasteiger partial charge is 0.155 e. The Morgan fingerprint density at radius 2 is 2.00 bits per heavy atom. The fraction of sp³-hybridized carbons (Fsp3) is 0.529. The molecule has 1 heterocycles. The van der Waals surface area contributed by atoms with Crippen LogP contribution in [0.15, 0.2) is 18.2 Å². The van der Waals surface area contributed by atoms with Crippen molar-refractivity contribution >= 4 is 23.2 Å². The van der Waals surface area contributed by atoms with E-state index in [1.54, 1.807) is 0 Å². The van der Waals surface area contributed by atoms with E-state index >= 15 is 0 Å². The van der Waals surface area contributed by atoms with Gasteiger partial charge in [0, 0.05) is 28.4 Å². The number of halogens is 2. The molecular weight excluding hydrogens is 347 g/mol. The summed E-state index contributed by atoms with van der Waals surface area (Å²) < 4.78 is 1.81. The fourth-order valence-corrected chi connectivity index (χ4v) is 3.89. The average molecular weight is 369 g/mol. The summed E-state index contributed by atoms with van der Waals surface area (Å²) in [6.45, 7) is 0.464. The standard InChI is InChI=1S/C17H22Cl2N4O/c18-14-5-2-6-15(19)13(14)10-16-21-17(23(22-16)7-8-24)11-3-1-4-12(20)9-11/h2,5-6,11-12,24H,1,3-4,7-10,20H2/t11-,12+/m1/s1. The first-order valence-corrected chi connectivity index (χ1v) is 9.07. The lowest BCUT2D eigenvalue weighted by molar-refractivity contribution is 0.262. The van der Waals surface area contributed by atoms with Gasteiger partial charge in [-0.2, -0.15) is 5.10 Å². The van der Waals surface area contributed by atoms with Crippen LogP contribution in [0, 0.1) is 0 Å². The van der Waals surface area contributed by atoms with Crippen molar-refractivity contribution in [3.63, 3.8) is 0 Å². The Hall–Kier alpha value is -1.14. The van der Waals surface area contributed by atoms with Crippen LogP contribution in [0.25, 0.3) is 0 Å². The summed E-state index contributed by atoms with van der Waals surface area (Å²) in [6.07, 6.45) is 4.61. The number of hydrogen-bond acceptors (Lipinski definition) is 4. The largest absolute Gasteiger partial charge is 0.394 e. The van der Waals surface area contributed by atoms with Gasteiger partial charge in [0.2, 0.25) is 0 Å². The zero-order valence-electron chi connectivity index (χ0n) is 13.5. The predicted octanol–water partition coefficient (Wildman–Crippen LogP) is 3.15. The minimum Gasteiger partial charge on any atom is -0.394 e. The minimum atomic E-state index is 0.0292. The molecule has 3 N–H and O–H groups in total. The lowest BCUT2D eigenvalue weighted by Gasteiger charge is -2.26. The summed E-state index contributed by atoms with van der Waals surface area (Å²) in [6, 6.07) is 5.66. The molecule has 7 heteroatoms. The summed E-state index contributed by atoms with van der Waals surface area (Å²) in [5.74, 6) is 1.88. The molecule has 2 aromatic rings. The topological polar surface area (TPSA) is 77.0 Å². The van der Waals surface area contributed by atoms with Crippen molar-refractivity contribution in [2.45, 2.75) is 50.6 Å². The highest BCUT2D eigenvalue weighted by Crippen LogP contribution is 2.32. The summed E-state index contributed by atoms with van der Waals surface area (Å²) >= 11 is 12.5. The molecule has 1 aliphatic rings. The normalized spacial score (nSPS) is 21.2. The Kier molecular flexibility index (Phi) is 5.76. The quantitative estimate of drug-likeness (QED) is 0.849. The van der Waals surface area contributed by atoms with Gasteiger partial charge in [-0.3, -0.25) is 0 Å². The van der Waals surface area contributed by atoms with Crippen LogP contribution >= 0.6 is 23.2 Å². The first-order chi connectivity index (χ1) is 11.6. The Bertz CT molecular complexity index is 684. The third kappa shape index (κ3) is 3.91. The Morgan fingerprint density at radius 3 is 2.67 bits per heavy atom. The Labute approximate surface area is 151 Å². The zero-order chi connectivity index (χ0) is 17.1. The molecule has 1 saturated carbocycles. The molecule has 1 aromatic carbocycles. The molecule has 0 spiro atoms. The van der Waals surface area contributed by atoms with E-state index < -0.39 is 0 Å². The Morgan fingerprint density at radius 1 is 1.25 bits per heavy atom. The molecule has 1 aromatic heterocycles. The number of nitrogens with two attached hydrogens (primary N) is 1. The van der Waals surface area contributed by atoms with Crippen molar-refractivity contribution in [3.8, 4) is 0 Å². The first kappa shape index (κ1) is 17.7. The predicted molar refractivity (Wildman–Crippen MR) is 95.6 cm³/mol. The summed E-state index contributed by atoms with van der Waals surface area (Å²) in [5.41, 5.74) is 6.94. The molecule has 0 saturated heterocycles. The number of aromatic nitrogens is 3. The first-order valence-electron chi connectivity index (χ1n) is 8.31. The van der Waals surface area contributed by atoms with Crippen LogP contribution in [0.3, 0.4) is 0 Å². The maximum absolute atomic E-state index is 9.33. The third-order valence-electron chi connectivity index (χ3n) is 4.53. The molecule has 1 fully saturated rings. The minimum absolute atomic E-state index is 0.0292. The maximum Gasteiger partial charge on any atom is 0.155 e. The van der Waals surface area contributed by atoms with Gasteiger partial charge < -0.3 is 10.8 Å². The van der Waals surface area contributed by atoms with Crippen molar-refractivity contribution in [2.75, 3.05) is 6.61 Å². The van der Waals surface area contributed by atoms with E-state index in [2.05, 4.69) is 5.10 Å². The number of rotatable bonds is 5.